The number of aromatic nitrogens is 3. The molecule has 0 spiro atoms. The molecule has 0 unspecified atom stereocenters. The van der Waals surface area contributed by atoms with Gasteiger partial charge in [0.15, 0.2) is 5.69 Å². The Morgan fingerprint density at radius 1 is 1.36 bits per heavy atom. The second kappa shape index (κ2) is 6.59. The molecule has 0 fully saturated rings. The molecule has 2 rings (SSSR count). The summed E-state index contributed by atoms with van der Waals surface area (Å²) in [5, 5.41) is 6.18. The van der Waals surface area contributed by atoms with Crippen molar-refractivity contribution in [2.24, 2.45) is 0 Å². The van der Waals surface area contributed by atoms with Crippen LogP contribution in [0.3, 0.4) is 0 Å². The molecule has 118 valence electrons. The molecule has 0 saturated carbocycles. The molecule has 0 bridgehead atoms. The highest BCUT2D eigenvalue weighted by atomic mass is 19.4. The van der Waals surface area contributed by atoms with Crippen molar-refractivity contribution in [2.75, 3.05) is 6.54 Å². The van der Waals surface area contributed by atoms with Crippen molar-refractivity contribution in [1.82, 2.24) is 20.1 Å². The standard InChI is InChI=1S/C14H15F3N4O/c1-10-9-12(14(15,16)17)20-21(10)8-4-7-19-13(22)11-5-2-3-6-18-11/h2-3,5-6,9H,4,7-8H2,1H3,(H,19,22). The predicted molar refractivity (Wildman–Crippen MR) is 73.2 cm³/mol. The molecule has 0 aliphatic carbocycles. The van der Waals surface area contributed by atoms with Crippen molar-refractivity contribution in [3.05, 3.63) is 47.5 Å². The first-order valence-corrected chi connectivity index (χ1v) is 6.69. The number of amides is 1. The van der Waals surface area contributed by atoms with E-state index in [1.165, 1.54) is 10.9 Å². The molecule has 2 heterocycles. The minimum absolute atomic E-state index is 0.296. The fourth-order valence-electron chi connectivity index (χ4n) is 1.89. The maximum absolute atomic E-state index is 12.5. The summed E-state index contributed by atoms with van der Waals surface area (Å²) in [6.45, 7) is 2.19. The quantitative estimate of drug-likeness (QED) is 0.863. The molecule has 0 aliphatic heterocycles. The normalized spacial score (nSPS) is 11.5. The van der Waals surface area contributed by atoms with Gasteiger partial charge in [0.1, 0.15) is 5.69 Å². The highest BCUT2D eigenvalue weighted by Crippen LogP contribution is 2.28. The van der Waals surface area contributed by atoms with E-state index in [0.717, 1.165) is 6.07 Å². The zero-order valence-corrected chi connectivity index (χ0v) is 11.9. The highest BCUT2D eigenvalue weighted by molar-refractivity contribution is 5.92. The summed E-state index contributed by atoms with van der Waals surface area (Å²) in [4.78, 5) is 15.6. The van der Waals surface area contributed by atoms with E-state index < -0.39 is 11.9 Å². The van der Waals surface area contributed by atoms with Gasteiger partial charge in [0.05, 0.1) is 0 Å². The van der Waals surface area contributed by atoms with Crippen LogP contribution in [0, 0.1) is 6.92 Å². The molecule has 0 atom stereocenters. The second-order valence-corrected chi connectivity index (χ2v) is 4.72. The number of nitrogens with zero attached hydrogens (tertiary/aromatic N) is 3. The summed E-state index contributed by atoms with van der Waals surface area (Å²) in [5.74, 6) is -0.311. The van der Waals surface area contributed by atoms with Gasteiger partial charge in [-0.05, 0) is 31.5 Å². The van der Waals surface area contributed by atoms with E-state index in [-0.39, 0.29) is 5.91 Å². The summed E-state index contributed by atoms with van der Waals surface area (Å²) in [5.41, 5.74) is -0.164. The Labute approximate surface area is 125 Å². The first kappa shape index (κ1) is 16.0. The third-order valence-corrected chi connectivity index (χ3v) is 3.00. The Morgan fingerprint density at radius 3 is 2.73 bits per heavy atom. The molecule has 1 amide bonds. The third kappa shape index (κ3) is 4.06. The zero-order valence-electron chi connectivity index (χ0n) is 11.9. The van der Waals surface area contributed by atoms with Crippen molar-refractivity contribution in [3.8, 4) is 0 Å². The minimum Gasteiger partial charge on any atom is -0.351 e. The van der Waals surface area contributed by atoms with Crippen LogP contribution in [-0.2, 0) is 12.7 Å². The topological polar surface area (TPSA) is 59.8 Å². The van der Waals surface area contributed by atoms with Gasteiger partial charge in [-0.3, -0.25) is 14.5 Å². The number of carbonyl (C=O) groups is 1. The van der Waals surface area contributed by atoms with Gasteiger partial charge in [0.25, 0.3) is 5.91 Å². The average Bonchev–Trinajstić information content (AvgIpc) is 2.86. The molecular formula is C14H15F3N4O. The summed E-state index contributed by atoms with van der Waals surface area (Å²) >= 11 is 0. The fourth-order valence-corrected chi connectivity index (χ4v) is 1.89. The number of aryl methyl sites for hydroxylation is 2. The van der Waals surface area contributed by atoms with E-state index in [2.05, 4.69) is 15.4 Å². The number of pyridine rings is 1. The Bertz CT molecular complexity index is 637. The number of hydrogen-bond donors (Lipinski definition) is 1. The number of alkyl halides is 3. The molecule has 0 aliphatic rings. The smallest absolute Gasteiger partial charge is 0.351 e. The first-order chi connectivity index (χ1) is 10.4. The van der Waals surface area contributed by atoms with Crippen LogP contribution in [0.4, 0.5) is 13.2 Å². The lowest BCUT2D eigenvalue weighted by atomic mass is 10.3. The molecule has 1 N–H and O–H groups in total. The van der Waals surface area contributed by atoms with Gasteiger partial charge in [-0.15, -0.1) is 0 Å². The van der Waals surface area contributed by atoms with Crippen LogP contribution in [0.25, 0.3) is 0 Å². The summed E-state index contributed by atoms with van der Waals surface area (Å²) < 4.78 is 38.9. The number of halogens is 3. The lowest BCUT2D eigenvalue weighted by Gasteiger charge is -2.06. The highest BCUT2D eigenvalue weighted by Gasteiger charge is 2.34. The van der Waals surface area contributed by atoms with Gasteiger partial charge in [-0.2, -0.15) is 18.3 Å². The van der Waals surface area contributed by atoms with E-state index >= 15 is 0 Å². The Kier molecular flexibility index (Phi) is 4.79. The third-order valence-electron chi connectivity index (χ3n) is 3.00. The molecule has 2 aromatic heterocycles. The van der Waals surface area contributed by atoms with Crippen molar-refractivity contribution in [1.29, 1.82) is 0 Å². The van der Waals surface area contributed by atoms with E-state index in [1.807, 2.05) is 0 Å². The maximum atomic E-state index is 12.5. The van der Waals surface area contributed by atoms with E-state index in [9.17, 15) is 18.0 Å². The van der Waals surface area contributed by atoms with Gasteiger partial charge in [0.2, 0.25) is 0 Å². The van der Waals surface area contributed by atoms with E-state index in [4.69, 9.17) is 0 Å². The second-order valence-electron chi connectivity index (χ2n) is 4.72. The van der Waals surface area contributed by atoms with Gasteiger partial charge in [0, 0.05) is 25.0 Å². The molecule has 8 heteroatoms. The molecule has 0 aromatic carbocycles. The van der Waals surface area contributed by atoms with Gasteiger partial charge in [-0.25, -0.2) is 0 Å². The molecular weight excluding hydrogens is 297 g/mol. The number of hydrogen-bond acceptors (Lipinski definition) is 3. The van der Waals surface area contributed by atoms with Gasteiger partial charge in [-0.1, -0.05) is 6.07 Å². The van der Waals surface area contributed by atoms with Gasteiger partial charge >= 0.3 is 6.18 Å². The summed E-state index contributed by atoms with van der Waals surface area (Å²) in [6.07, 6.45) is -2.46. The Morgan fingerprint density at radius 2 is 2.14 bits per heavy atom. The average molecular weight is 312 g/mol. The minimum atomic E-state index is -4.44. The maximum Gasteiger partial charge on any atom is 0.435 e. The van der Waals surface area contributed by atoms with Gasteiger partial charge < -0.3 is 5.32 Å². The fraction of sp³-hybridized carbons (Fsp3) is 0.357. The summed E-state index contributed by atoms with van der Waals surface area (Å²) in [7, 11) is 0. The van der Waals surface area contributed by atoms with Crippen molar-refractivity contribution in [2.45, 2.75) is 26.1 Å². The monoisotopic (exact) mass is 312 g/mol. The first-order valence-electron chi connectivity index (χ1n) is 6.69. The molecule has 0 radical (unpaired) electrons. The molecule has 22 heavy (non-hydrogen) atoms. The molecule has 5 nitrogen and oxygen atoms in total. The Hall–Kier alpha value is -2.38. The lowest BCUT2D eigenvalue weighted by molar-refractivity contribution is -0.141. The molecule has 2 aromatic rings. The number of nitrogens with one attached hydrogen (secondary N) is 1. The van der Waals surface area contributed by atoms with E-state index in [1.54, 1.807) is 25.1 Å². The van der Waals surface area contributed by atoms with Crippen molar-refractivity contribution < 1.29 is 18.0 Å². The van der Waals surface area contributed by atoms with Crippen LogP contribution in [0.15, 0.2) is 30.5 Å². The largest absolute Gasteiger partial charge is 0.435 e. The SMILES string of the molecule is Cc1cc(C(F)(F)F)nn1CCCNC(=O)c1ccccn1. The van der Waals surface area contributed by atoms with Crippen LogP contribution in [0.1, 0.15) is 28.3 Å². The van der Waals surface area contributed by atoms with Crippen molar-refractivity contribution >= 4 is 5.91 Å². The summed E-state index contributed by atoms with van der Waals surface area (Å²) in [6, 6.07) is 6.00. The van der Waals surface area contributed by atoms with Crippen LogP contribution in [0.2, 0.25) is 0 Å². The lowest BCUT2D eigenvalue weighted by Crippen LogP contribution is -2.26. The van der Waals surface area contributed by atoms with Crippen LogP contribution < -0.4 is 5.32 Å². The molecule has 0 saturated heterocycles. The van der Waals surface area contributed by atoms with Crippen LogP contribution >= 0.6 is 0 Å². The van der Waals surface area contributed by atoms with Crippen LogP contribution in [0.5, 0.6) is 0 Å². The van der Waals surface area contributed by atoms with E-state index in [0.29, 0.717) is 30.9 Å². The van der Waals surface area contributed by atoms with Crippen molar-refractivity contribution in [3.63, 3.8) is 0 Å². The number of rotatable bonds is 5. The predicted octanol–water partition coefficient (Wildman–Crippen LogP) is 2.43. The zero-order chi connectivity index (χ0) is 16.2. The Balaban J connectivity index is 1.82. The van der Waals surface area contributed by atoms with Crippen LogP contribution in [-0.4, -0.2) is 27.2 Å². The number of carbonyl (C=O) groups excluding carboxylic acids is 1.